The zero-order valence-electron chi connectivity index (χ0n) is 11.5. The third-order valence-corrected chi connectivity index (χ3v) is 2.97. The van der Waals surface area contributed by atoms with Crippen molar-refractivity contribution >= 4 is 11.7 Å². The number of carbonyl (C=O) groups is 1. The number of para-hydroxylation sites is 1. The standard InChI is InChI=1S/C15H13NO5/c1-9-6-7-11(15(17)18)13(8-9)21-12-5-3-4-10(2)14(12)16(19)20/h3-8H,1-2H3,(H,17,18). The quantitative estimate of drug-likeness (QED) is 0.684. The molecule has 108 valence electrons. The predicted octanol–water partition coefficient (Wildman–Crippen LogP) is 3.70. The van der Waals surface area contributed by atoms with E-state index >= 15 is 0 Å². The molecule has 0 bridgehead atoms. The van der Waals surface area contributed by atoms with Crippen molar-refractivity contribution in [2.24, 2.45) is 0 Å². The van der Waals surface area contributed by atoms with E-state index in [2.05, 4.69) is 0 Å². The van der Waals surface area contributed by atoms with Crippen molar-refractivity contribution in [3.05, 3.63) is 63.2 Å². The molecule has 0 aliphatic heterocycles. The smallest absolute Gasteiger partial charge is 0.339 e. The van der Waals surface area contributed by atoms with E-state index in [1.807, 2.05) is 0 Å². The average Bonchev–Trinajstić information content (AvgIpc) is 2.37. The van der Waals surface area contributed by atoms with Crippen molar-refractivity contribution in [2.75, 3.05) is 0 Å². The molecule has 0 saturated heterocycles. The summed E-state index contributed by atoms with van der Waals surface area (Å²) in [5.74, 6) is -1.05. The summed E-state index contributed by atoms with van der Waals surface area (Å²) in [6, 6.07) is 9.25. The lowest BCUT2D eigenvalue weighted by molar-refractivity contribution is -0.386. The molecule has 0 heterocycles. The normalized spacial score (nSPS) is 10.2. The molecule has 6 heteroatoms. The number of carboxylic acids is 1. The Morgan fingerprint density at radius 3 is 2.52 bits per heavy atom. The van der Waals surface area contributed by atoms with E-state index in [1.165, 1.54) is 18.2 Å². The first-order chi connectivity index (χ1) is 9.90. The minimum Gasteiger partial charge on any atom is -0.478 e. The van der Waals surface area contributed by atoms with Gasteiger partial charge < -0.3 is 9.84 Å². The number of nitro groups is 1. The van der Waals surface area contributed by atoms with Crippen molar-refractivity contribution in [3.8, 4) is 11.5 Å². The van der Waals surface area contributed by atoms with Gasteiger partial charge in [-0.3, -0.25) is 10.1 Å². The van der Waals surface area contributed by atoms with Crippen LogP contribution in [0.2, 0.25) is 0 Å². The first-order valence-corrected chi connectivity index (χ1v) is 6.16. The maximum atomic E-state index is 11.2. The number of benzene rings is 2. The van der Waals surface area contributed by atoms with Crippen LogP contribution in [0.1, 0.15) is 21.5 Å². The van der Waals surface area contributed by atoms with Crippen molar-refractivity contribution in [2.45, 2.75) is 13.8 Å². The molecule has 0 aliphatic rings. The molecule has 2 aromatic carbocycles. The molecule has 0 unspecified atom stereocenters. The van der Waals surface area contributed by atoms with Gasteiger partial charge in [0.05, 0.1) is 4.92 Å². The van der Waals surface area contributed by atoms with Gasteiger partial charge in [-0.2, -0.15) is 0 Å². The number of aryl methyl sites for hydroxylation is 2. The summed E-state index contributed by atoms with van der Waals surface area (Å²) in [6.07, 6.45) is 0. The van der Waals surface area contributed by atoms with Crippen LogP contribution in [0, 0.1) is 24.0 Å². The molecule has 21 heavy (non-hydrogen) atoms. The zero-order valence-corrected chi connectivity index (χ0v) is 11.5. The number of aromatic carboxylic acids is 1. The summed E-state index contributed by atoms with van der Waals surface area (Å²) in [5.41, 5.74) is 1.03. The van der Waals surface area contributed by atoms with Crippen molar-refractivity contribution in [1.29, 1.82) is 0 Å². The van der Waals surface area contributed by atoms with Crippen LogP contribution in [0.3, 0.4) is 0 Å². The van der Waals surface area contributed by atoms with Gasteiger partial charge in [-0.25, -0.2) is 4.79 Å². The minimum absolute atomic E-state index is 0.0214. The summed E-state index contributed by atoms with van der Waals surface area (Å²) < 4.78 is 5.50. The van der Waals surface area contributed by atoms with Crippen LogP contribution >= 0.6 is 0 Å². The van der Waals surface area contributed by atoms with Crippen molar-refractivity contribution in [1.82, 2.24) is 0 Å². The third-order valence-electron chi connectivity index (χ3n) is 2.97. The third kappa shape index (κ3) is 3.00. The molecule has 0 aliphatic carbocycles. The first-order valence-electron chi connectivity index (χ1n) is 6.16. The van der Waals surface area contributed by atoms with Gasteiger partial charge in [-0.1, -0.05) is 18.2 Å². The zero-order chi connectivity index (χ0) is 15.6. The summed E-state index contributed by atoms with van der Waals surface area (Å²) >= 11 is 0. The fraction of sp³-hybridized carbons (Fsp3) is 0.133. The van der Waals surface area contributed by atoms with Gasteiger partial charge >= 0.3 is 11.7 Å². The van der Waals surface area contributed by atoms with Crippen LogP contribution in [-0.4, -0.2) is 16.0 Å². The number of rotatable bonds is 4. The second-order valence-electron chi connectivity index (χ2n) is 4.59. The fourth-order valence-electron chi connectivity index (χ4n) is 1.96. The van der Waals surface area contributed by atoms with Gasteiger partial charge in [0.2, 0.25) is 5.75 Å². The Kier molecular flexibility index (Phi) is 3.89. The number of carboxylic acid groups (broad SMARTS) is 1. The molecule has 0 fully saturated rings. The van der Waals surface area contributed by atoms with E-state index in [9.17, 15) is 14.9 Å². The second kappa shape index (κ2) is 5.62. The van der Waals surface area contributed by atoms with Gasteiger partial charge in [0.1, 0.15) is 11.3 Å². The Morgan fingerprint density at radius 2 is 1.90 bits per heavy atom. The Balaban J connectivity index is 2.53. The molecular weight excluding hydrogens is 274 g/mol. The van der Waals surface area contributed by atoms with Crippen LogP contribution in [0.5, 0.6) is 11.5 Å². The molecule has 0 amide bonds. The SMILES string of the molecule is Cc1ccc(C(=O)O)c(Oc2cccc(C)c2[N+](=O)[O-])c1. The van der Waals surface area contributed by atoms with Crippen molar-refractivity contribution < 1.29 is 19.6 Å². The topological polar surface area (TPSA) is 89.7 Å². The van der Waals surface area contributed by atoms with E-state index in [1.54, 1.807) is 32.0 Å². The van der Waals surface area contributed by atoms with Crippen LogP contribution < -0.4 is 4.74 Å². The van der Waals surface area contributed by atoms with Crippen molar-refractivity contribution in [3.63, 3.8) is 0 Å². The number of hydrogen-bond donors (Lipinski definition) is 1. The summed E-state index contributed by atoms with van der Waals surface area (Å²) in [6.45, 7) is 3.38. The molecule has 0 spiro atoms. The van der Waals surface area contributed by atoms with E-state index in [0.29, 0.717) is 5.56 Å². The van der Waals surface area contributed by atoms with E-state index in [0.717, 1.165) is 5.56 Å². The predicted molar refractivity (Wildman–Crippen MR) is 76.0 cm³/mol. The monoisotopic (exact) mass is 287 g/mol. The Hall–Kier alpha value is -2.89. The second-order valence-corrected chi connectivity index (χ2v) is 4.59. The van der Waals surface area contributed by atoms with Gasteiger partial charge in [0, 0.05) is 5.56 Å². The highest BCUT2D eigenvalue weighted by molar-refractivity contribution is 5.91. The van der Waals surface area contributed by atoms with Gasteiger partial charge in [-0.05, 0) is 37.6 Å². The summed E-state index contributed by atoms with van der Waals surface area (Å²) in [5, 5.41) is 20.3. The number of nitro benzene ring substituents is 1. The van der Waals surface area contributed by atoms with Crippen LogP contribution in [0.15, 0.2) is 36.4 Å². The lowest BCUT2D eigenvalue weighted by Crippen LogP contribution is -2.02. The number of hydrogen-bond acceptors (Lipinski definition) is 4. The highest BCUT2D eigenvalue weighted by Gasteiger charge is 2.21. The number of nitrogens with zero attached hydrogens (tertiary/aromatic N) is 1. The summed E-state index contributed by atoms with van der Waals surface area (Å²) in [4.78, 5) is 21.8. The maximum Gasteiger partial charge on any atom is 0.339 e. The molecule has 0 saturated carbocycles. The first kappa shape index (κ1) is 14.5. The Labute approximate surface area is 120 Å². The minimum atomic E-state index is -1.15. The van der Waals surface area contributed by atoms with Crippen LogP contribution in [0.25, 0.3) is 0 Å². The van der Waals surface area contributed by atoms with Crippen LogP contribution in [-0.2, 0) is 0 Å². The molecule has 1 N–H and O–H groups in total. The van der Waals surface area contributed by atoms with Gasteiger partial charge in [0.25, 0.3) is 0 Å². The van der Waals surface area contributed by atoms with Gasteiger partial charge in [0.15, 0.2) is 0 Å². The van der Waals surface area contributed by atoms with Crippen LogP contribution in [0.4, 0.5) is 5.69 Å². The molecule has 2 aromatic rings. The molecule has 6 nitrogen and oxygen atoms in total. The summed E-state index contributed by atoms with van der Waals surface area (Å²) in [7, 11) is 0. The highest BCUT2D eigenvalue weighted by Crippen LogP contribution is 2.35. The molecule has 0 atom stereocenters. The van der Waals surface area contributed by atoms with Gasteiger partial charge in [-0.15, -0.1) is 0 Å². The molecule has 0 aromatic heterocycles. The van der Waals surface area contributed by atoms with E-state index < -0.39 is 10.9 Å². The highest BCUT2D eigenvalue weighted by atomic mass is 16.6. The Morgan fingerprint density at radius 1 is 1.19 bits per heavy atom. The maximum absolute atomic E-state index is 11.2. The van der Waals surface area contributed by atoms with E-state index in [4.69, 9.17) is 9.84 Å². The lowest BCUT2D eigenvalue weighted by atomic mass is 10.1. The largest absolute Gasteiger partial charge is 0.478 e. The number of ether oxygens (including phenoxy) is 1. The fourth-order valence-corrected chi connectivity index (χ4v) is 1.96. The molecular formula is C15H13NO5. The molecule has 0 radical (unpaired) electrons. The lowest BCUT2D eigenvalue weighted by Gasteiger charge is -2.10. The molecule has 2 rings (SSSR count). The van der Waals surface area contributed by atoms with E-state index in [-0.39, 0.29) is 22.7 Å². The Bertz CT molecular complexity index is 724. The average molecular weight is 287 g/mol.